The Bertz CT molecular complexity index is 399. The fraction of sp³-hybridized carbons (Fsp3) is 0.611. The van der Waals surface area contributed by atoms with Gasteiger partial charge in [-0.1, -0.05) is 50.6 Å². The van der Waals surface area contributed by atoms with Gasteiger partial charge in [0.25, 0.3) is 0 Å². The number of hydrogen-bond acceptors (Lipinski definition) is 4. The van der Waals surface area contributed by atoms with Gasteiger partial charge in [-0.15, -0.1) is 0 Å². The van der Waals surface area contributed by atoms with Gasteiger partial charge in [-0.25, -0.2) is 0 Å². The summed E-state index contributed by atoms with van der Waals surface area (Å²) in [5.74, 6) is 1.48. The van der Waals surface area contributed by atoms with Crippen molar-refractivity contribution in [2.75, 3.05) is 18.8 Å². The summed E-state index contributed by atoms with van der Waals surface area (Å²) in [5, 5.41) is 7.00. The van der Waals surface area contributed by atoms with E-state index in [0.29, 0.717) is 12.0 Å². The third-order valence-corrected chi connectivity index (χ3v) is 4.45. The number of thiol groups is 1. The Labute approximate surface area is 140 Å². The Morgan fingerprint density at radius 2 is 1.95 bits per heavy atom. The van der Waals surface area contributed by atoms with Gasteiger partial charge in [0.15, 0.2) is 0 Å². The second-order valence-electron chi connectivity index (χ2n) is 5.86. The zero-order chi connectivity index (χ0) is 16.2. The molecule has 2 N–H and O–H groups in total. The van der Waals surface area contributed by atoms with Gasteiger partial charge in [-0.2, -0.15) is 12.6 Å². The van der Waals surface area contributed by atoms with Crippen molar-refractivity contribution in [3.05, 3.63) is 35.9 Å². The van der Waals surface area contributed by atoms with Crippen molar-refractivity contribution < 1.29 is 4.79 Å². The van der Waals surface area contributed by atoms with Crippen molar-refractivity contribution >= 4 is 18.9 Å². The Kier molecular flexibility index (Phi) is 10.2. The highest BCUT2D eigenvalue weighted by atomic mass is 32.1. The molecule has 0 aromatic heterocycles. The molecule has 3 nitrogen and oxygen atoms in total. The highest BCUT2D eigenvalue weighted by Gasteiger charge is 2.17. The van der Waals surface area contributed by atoms with Crippen molar-refractivity contribution in [1.29, 1.82) is 0 Å². The van der Waals surface area contributed by atoms with Crippen LogP contribution in [0.1, 0.15) is 32.3 Å². The maximum absolute atomic E-state index is 11.3. The number of benzene rings is 1. The van der Waals surface area contributed by atoms with Crippen LogP contribution < -0.4 is 10.6 Å². The smallest absolute Gasteiger partial charge is 0.137 e. The molecule has 124 valence electrons. The van der Waals surface area contributed by atoms with E-state index in [0.717, 1.165) is 44.4 Å². The topological polar surface area (TPSA) is 41.1 Å². The molecule has 4 heteroatoms. The van der Waals surface area contributed by atoms with Crippen molar-refractivity contribution in [3.63, 3.8) is 0 Å². The van der Waals surface area contributed by atoms with Gasteiger partial charge in [-0.3, -0.25) is 0 Å². The van der Waals surface area contributed by atoms with Crippen molar-refractivity contribution in [2.45, 2.75) is 45.2 Å². The van der Waals surface area contributed by atoms with E-state index in [9.17, 15) is 4.79 Å². The van der Waals surface area contributed by atoms with E-state index < -0.39 is 0 Å². The van der Waals surface area contributed by atoms with Gasteiger partial charge in [0.05, 0.1) is 6.04 Å². The molecule has 0 saturated heterocycles. The lowest BCUT2D eigenvalue weighted by Crippen LogP contribution is -2.47. The van der Waals surface area contributed by atoms with Crippen LogP contribution in [0.5, 0.6) is 0 Å². The second kappa shape index (κ2) is 11.7. The summed E-state index contributed by atoms with van der Waals surface area (Å²) in [6, 6.07) is 10.4. The molecule has 0 heterocycles. The van der Waals surface area contributed by atoms with E-state index in [4.69, 9.17) is 0 Å². The fourth-order valence-corrected chi connectivity index (χ4v) is 2.60. The quantitative estimate of drug-likeness (QED) is 0.315. The SMILES string of the molecule is CC[C@H](C)[C@@H](CN[C@H](C=O)Cc1ccccc1)NCCCS. The molecule has 1 rings (SSSR count). The van der Waals surface area contributed by atoms with Crippen LogP contribution in [0, 0.1) is 5.92 Å². The lowest BCUT2D eigenvalue weighted by molar-refractivity contribution is -0.109. The summed E-state index contributed by atoms with van der Waals surface area (Å²) in [5.41, 5.74) is 1.19. The molecule has 0 aliphatic rings. The molecule has 0 unspecified atom stereocenters. The number of hydrogen-bond donors (Lipinski definition) is 3. The van der Waals surface area contributed by atoms with E-state index in [2.05, 4.69) is 49.2 Å². The average molecular weight is 323 g/mol. The Hall–Kier alpha value is -0.840. The molecule has 22 heavy (non-hydrogen) atoms. The highest BCUT2D eigenvalue weighted by Crippen LogP contribution is 2.08. The first kappa shape index (κ1) is 19.2. The predicted molar refractivity (Wildman–Crippen MR) is 97.7 cm³/mol. The van der Waals surface area contributed by atoms with Crippen LogP contribution in [0.25, 0.3) is 0 Å². The Balaban J connectivity index is 2.47. The molecule has 0 saturated carbocycles. The van der Waals surface area contributed by atoms with Crippen molar-refractivity contribution in [2.24, 2.45) is 5.92 Å². The molecule has 0 amide bonds. The summed E-state index contributed by atoms with van der Waals surface area (Å²) < 4.78 is 0. The molecule has 0 aliphatic carbocycles. The van der Waals surface area contributed by atoms with E-state index in [1.807, 2.05) is 18.2 Å². The third kappa shape index (κ3) is 7.43. The summed E-state index contributed by atoms with van der Waals surface area (Å²) in [6.45, 7) is 6.26. The second-order valence-corrected chi connectivity index (χ2v) is 6.31. The van der Waals surface area contributed by atoms with Gasteiger partial charge >= 0.3 is 0 Å². The minimum Gasteiger partial charge on any atom is -0.312 e. The van der Waals surface area contributed by atoms with Gasteiger partial charge in [-0.05, 0) is 36.6 Å². The molecular weight excluding hydrogens is 292 g/mol. The molecule has 1 aromatic carbocycles. The van der Waals surface area contributed by atoms with Gasteiger partial charge in [0.1, 0.15) is 6.29 Å². The van der Waals surface area contributed by atoms with Crippen LogP contribution in [-0.2, 0) is 11.2 Å². The number of carbonyl (C=O) groups excluding carboxylic acids is 1. The van der Waals surface area contributed by atoms with Crippen molar-refractivity contribution in [3.8, 4) is 0 Å². The molecule has 0 radical (unpaired) electrons. The standard InChI is InChI=1S/C18H30N2OS/c1-3-15(2)18(19-10-7-11-22)13-20-17(14-21)12-16-8-5-4-6-9-16/h4-6,8-9,14-15,17-20,22H,3,7,10-13H2,1-2H3/t15-,17-,18+/m0/s1. The highest BCUT2D eigenvalue weighted by molar-refractivity contribution is 7.80. The molecule has 0 bridgehead atoms. The minimum absolute atomic E-state index is 0.124. The van der Waals surface area contributed by atoms with Crippen LogP contribution >= 0.6 is 12.6 Å². The maximum atomic E-state index is 11.3. The molecule has 0 fully saturated rings. The summed E-state index contributed by atoms with van der Waals surface area (Å²) >= 11 is 4.25. The maximum Gasteiger partial charge on any atom is 0.137 e. The number of aldehydes is 1. The van der Waals surface area contributed by atoms with E-state index in [1.54, 1.807) is 0 Å². The van der Waals surface area contributed by atoms with Gasteiger partial charge < -0.3 is 15.4 Å². The third-order valence-electron chi connectivity index (χ3n) is 4.13. The molecule has 1 aromatic rings. The monoisotopic (exact) mass is 322 g/mol. The number of carbonyl (C=O) groups is 1. The molecule has 0 spiro atoms. The lowest BCUT2D eigenvalue weighted by atomic mass is 9.98. The first-order chi connectivity index (χ1) is 10.7. The zero-order valence-electron chi connectivity index (χ0n) is 13.8. The van der Waals surface area contributed by atoms with Crippen LogP contribution in [0.2, 0.25) is 0 Å². The number of nitrogens with one attached hydrogen (secondary N) is 2. The van der Waals surface area contributed by atoms with Gasteiger partial charge in [0, 0.05) is 12.6 Å². The fourth-order valence-electron chi connectivity index (χ4n) is 2.44. The molecular formula is C18H30N2OS. The molecule has 0 aliphatic heterocycles. The normalized spacial score (nSPS) is 15.2. The average Bonchev–Trinajstić information content (AvgIpc) is 2.56. The van der Waals surface area contributed by atoms with Crippen LogP contribution in [0.4, 0.5) is 0 Å². The summed E-state index contributed by atoms with van der Waals surface area (Å²) in [6.07, 6.45) is 3.96. The first-order valence-electron chi connectivity index (χ1n) is 8.28. The van der Waals surface area contributed by atoms with E-state index in [-0.39, 0.29) is 6.04 Å². The Morgan fingerprint density at radius 3 is 2.55 bits per heavy atom. The van der Waals surface area contributed by atoms with Crippen molar-refractivity contribution in [1.82, 2.24) is 10.6 Å². The van der Waals surface area contributed by atoms with Crippen LogP contribution in [0.3, 0.4) is 0 Å². The zero-order valence-corrected chi connectivity index (χ0v) is 14.7. The number of rotatable bonds is 12. The predicted octanol–water partition coefficient (Wildman–Crippen LogP) is 2.71. The molecule has 3 atom stereocenters. The summed E-state index contributed by atoms with van der Waals surface area (Å²) in [7, 11) is 0. The lowest BCUT2D eigenvalue weighted by Gasteiger charge is -2.26. The van der Waals surface area contributed by atoms with E-state index >= 15 is 0 Å². The van der Waals surface area contributed by atoms with E-state index in [1.165, 1.54) is 5.56 Å². The van der Waals surface area contributed by atoms with Crippen LogP contribution in [0.15, 0.2) is 30.3 Å². The first-order valence-corrected chi connectivity index (χ1v) is 8.91. The van der Waals surface area contributed by atoms with Crippen LogP contribution in [-0.4, -0.2) is 37.2 Å². The Morgan fingerprint density at radius 1 is 1.23 bits per heavy atom. The largest absolute Gasteiger partial charge is 0.312 e. The minimum atomic E-state index is -0.124. The summed E-state index contributed by atoms with van der Waals surface area (Å²) in [4.78, 5) is 11.3. The van der Waals surface area contributed by atoms with Gasteiger partial charge in [0.2, 0.25) is 0 Å².